The van der Waals surface area contributed by atoms with Crippen molar-refractivity contribution in [3.05, 3.63) is 35.9 Å². The summed E-state index contributed by atoms with van der Waals surface area (Å²) in [6.45, 7) is 4.77. The number of hydrogen-bond acceptors (Lipinski definition) is 6. The van der Waals surface area contributed by atoms with E-state index in [1.807, 2.05) is 6.07 Å². The second-order valence-corrected chi connectivity index (χ2v) is 8.00. The van der Waals surface area contributed by atoms with E-state index >= 15 is 0 Å². The van der Waals surface area contributed by atoms with Crippen molar-refractivity contribution in [3.63, 3.8) is 0 Å². The molecule has 0 saturated carbocycles. The number of aliphatic carboxylic acids is 1. The number of nitrogens with one attached hydrogen (secondary N) is 3. The summed E-state index contributed by atoms with van der Waals surface area (Å²) in [6, 6.07) is 5.86. The van der Waals surface area contributed by atoms with Crippen molar-refractivity contribution in [3.8, 4) is 0 Å². The van der Waals surface area contributed by atoms with Gasteiger partial charge in [0.1, 0.15) is 18.1 Å². The Hall–Kier alpha value is -2.98. The normalized spacial score (nSPS) is 14.1. The maximum absolute atomic E-state index is 12.8. The molecule has 3 atom stereocenters. The van der Waals surface area contributed by atoms with Crippen LogP contribution in [0.1, 0.15) is 39.2 Å². The third kappa shape index (κ3) is 9.14. The van der Waals surface area contributed by atoms with Gasteiger partial charge in [0.15, 0.2) is 0 Å². The van der Waals surface area contributed by atoms with Crippen molar-refractivity contribution in [1.29, 1.82) is 0 Å². The Bertz CT molecular complexity index is 763. The zero-order chi connectivity index (χ0) is 23.6. The second kappa shape index (κ2) is 12.0. The molecule has 10 nitrogen and oxygen atoms in total. The SMILES string of the molecule is C[C@H](NC(=O)C(C)(C)N)C(=O)N[C@@H](Cc1ccccc1)C(=O)N[C@@H](CCCN)C(=O)O. The molecule has 0 unspecified atom stereocenters. The van der Waals surface area contributed by atoms with Crippen LogP contribution in [0.15, 0.2) is 30.3 Å². The van der Waals surface area contributed by atoms with Crippen LogP contribution in [0.25, 0.3) is 0 Å². The molecule has 0 spiro atoms. The number of carboxylic acids is 1. The third-order valence-corrected chi connectivity index (χ3v) is 4.55. The Labute approximate surface area is 182 Å². The van der Waals surface area contributed by atoms with E-state index in [0.29, 0.717) is 13.0 Å². The van der Waals surface area contributed by atoms with Gasteiger partial charge in [-0.25, -0.2) is 4.79 Å². The van der Waals surface area contributed by atoms with Crippen LogP contribution < -0.4 is 27.4 Å². The number of carbonyl (C=O) groups is 4. The van der Waals surface area contributed by atoms with Gasteiger partial charge in [-0.3, -0.25) is 14.4 Å². The molecule has 1 rings (SSSR count). The molecule has 0 aliphatic carbocycles. The number of carboxylic acid groups (broad SMARTS) is 1. The largest absolute Gasteiger partial charge is 0.480 e. The van der Waals surface area contributed by atoms with Crippen LogP contribution in [0.4, 0.5) is 0 Å². The first kappa shape index (κ1) is 26.1. The topological polar surface area (TPSA) is 177 Å². The predicted octanol–water partition coefficient (Wildman–Crippen LogP) is -0.736. The van der Waals surface area contributed by atoms with E-state index in [4.69, 9.17) is 11.5 Å². The second-order valence-electron chi connectivity index (χ2n) is 8.00. The molecular formula is C21H33N5O5. The molecule has 0 heterocycles. The van der Waals surface area contributed by atoms with Crippen molar-refractivity contribution in [2.24, 2.45) is 11.5 Å². The van der Waals surface area contributed by atoms with Gasteiger partial charge in [0.25, 0.3) is 0 Å². The van der Waals surface area contributed by atoms with E-state index in [-0.39, 0.29) is 12.8 Å². The highest BCUT2D eigenvalue weighted by molar-refractivity contribution is 5.94. The summed E-state index contributed by atoms with van der Waals surface area (Å²) in [5.41, 5.74) is 10.8. The van der Waals surface area contributed by atoms with Gasteiger partial charge in [-0.15, -0.1) is 0 Å². The van der Waals surface area contributed by atoms with Gasteiger partial charge in [0.2, 0.25) is 17.7 Å². The van der Waals surface area contributed by atoms with E-state index in [1.165, 1.54) is 20.8 Å². The molecule has 0 fully saturated rings. The number of nitrogens with two attached hydrogens (primary N) is 2. The van der Waals surface area contributed by atoms with Crippen LogP contribution in [-0.2, 0) is 25.6 Å². The fourth-order valence-corrected chi connectivity index (χ4v) is 2.66. The predicted molar refractivity (Wildman–Crippen MR) is 116 cm³/mol. The zero-order valence-corrected chi connectivity index (χ0v) is 18.2. The summed E-state index contributed by atoms with van der Waals surface area (Å²) in [4.78, 5) is 49.0. The quantitative estimate of drug-likeness (QED) is 0.250. The Balaban J connectivity index is 2.95. The van der Waals surface area contributed by atoms with Gasteiger partial charge >= 0.3 is 5.97 Å². The fourth-order valence-electron chi connectivity index (χ4n) is 2.66. The van der Waals surface area contributed by atoms with Crippen molar-refractivity contribution in [1.82, 2.24) is 16.0 Å². The van der Waals surface area contributed by atoms with E-state index in [1.54, 1.807) is 24.3 Å². The molecule has 0 radical (unpaired) electrons. The van der Waals surface area contributed by atoms with Gasteiger partial charge in [-0.2, -0.15) is 0 Å². The lowest BCUT2D eigenvalue weighted by Crippen LogP contribution is -2.58. The molecule has 8 N–H and O–H groups in total. The first-order valence-electron chi connectivity index (χ1n) is 10.1. The van der Waals surface area contributed by atoms with Crippen LogP contribution in [0.2, 0.25) is 0 Å². The monoisotopic (exact) mass is 435 g/mol. The minimum Gasteiger partial charge on any atom is -0.480 e. The smallest absolute Gasteiger partial charge is 0.326 e. The van der Waals surface area contributed by atoms with Crippen molar-refractivity contribution >= 4 is 23.7 Å². The lowest BCUT2D eigenvalue weighted by atomic mass is 10.0. The Morgan fingerprint density at radius 3 is 2.10 bits per heavy atom. The molecule has 0 aromatic heterocycles. The first-order chi connectivity index (χ1) is 14.5. The van der Waals surface area contributed by atoms with E-state index in [0.717, 1.165) is 5.56 Å². The molecule has 0 aliphatic rings. The van der Waals surface area contributed by atoms with Gasteiger partial charge in [0, 0.05) is 6.42 Å². The molecule has 10 heteroatoms. The highest BCUT2D eigenvalue weighted by atomic mass is 16.4. The number of hydrogen-bond donors (Lipinski definition) is 6. The van der Waals surface area contributed by atoms with Crippen molar-refractivity contribution in [2.75, 3.05) is 6.54 Å². The zero-order valence-electron chi connectivity index (χ0n) is 18.2. The number of benzene rings is 1. The highest BCUT2D eigenvalue weighted by Crippen LogP contribution is 2.06. The minimum atomic E-state index is -1.18. The van der Waals surface area contributed by atoms with E-state index in [2.05, 4.69) is 16.0 Å². The first-order valence-corrected chi connectivity index (χ1v) is 10.1. The molecule has 1 aromatic rings. The van der Waals surface area contributed by atoms with Crippen molar-refractivity contribution < 1.29 is 24.3 Å². The summed E-state index contributed by atoms with van der Waals surface area (Å²) < 4.78 is 0. The summed E-state index contributed by atoms with van der Waals surface area (Å²) >= 11 is 0. The number of amides is 3. The summed E-state index contributed by atoms with van der Waals surface area (Å²) in [5.74, 6) is -2.94. The molecule has 31 heavy (non-hydrogen) atoms. The summed E-state index contributed by atoms with van der Waals surface area (Å²) in [7, 11) is 0. The van der Waals surface area contributed by atoms with Crippen molar-refractivity contribution in [2.45, 2.75) is 63.7 Å². The molecule has 172 valence electrons. The molecule has 0 bridgehead atoms. The molecule has 0 saturated heterocycles. The Morgan fingerprint density at radius 1 is 1.00 bits per heavy atom. The van der Waals surface area contributed by atoms with Crippen LogP contribution >= 0.6 is 0 Å². The minimum absolute atomic E-state index is 0.144. The van der Waals surface area contributed by atoms with E-state index < -0.39 is 47.4 Å². The highest BCUT2D eigenvalue weighted by Gasteiger charge is 2.30. The lowest BCUT2D eigenvalue weighted by molar-refractivity contribution is -0.142. The lowest BCUT2D eigenvalue weighted by Gasteiger charge is -2.25. The summed E-state index contributed by atoms with van der Waals surface area (Å²) in [6.07, 6.45) is 0.733. The van der Waals surface area contributed by atoms with Gasteiger partial charge < -0.3 is 32.5 Å². The molecule has 3 amide bonds. The van der Waals surface area contributed by atoms with Crippen LogP contribution in [0, 0.1) is 0 Å². The van der Waals surface area contributed by atoms with Gasteiger partial charge in [-0.1, -0.05) is 30.3 Å². The van der Waals surface area contributed by atoms with Crippen LogP contribution in [0.3, 0.4) is 0 Å². The standard InChI is InChI=1S/C21H33N5O5/c1-13(24-20(31)21(2,3)23)17(27)26-16(12-14-8-5-4-6-9-14)18(28)25-15(19(29)30)10-7-11-22/h4-6,8-9,13,15-16H,7,10-12,22-23H2,1-3H3,(H,24,31)(H,25,28)(H,26,27)(H,29,30)/t13-,15-,16-/m0/s1. The Morgan fingerprint density at radius 2 is 1.58 bits per heavy atom. The average Bonchev–Trinajstić information content (AvgIpc) is 2.70. The molecular weight excluding hydrogens is 402 g/mol. The number of carbonyl (C=O) groups excluding carboxylic acids is 3. The molecule has 1 aromatic carbocycles. The van der Waals surface area contributed by atoms with Gasteiger partial charge in [0.05, 0.1) is 5.54 Å². The van der Waals surface area contributed by atoms with E-state index in [9.17, 15) is 24.3 Å². The maximum Gasteiger partial charge on any atom is 0.326 e. The average molecular weight is 436 g/mol. The molecule has 0 aliphatic heterocycles. The Kier molecular flexibility index (Phi) is 10.1. The summed E-state index contributed by atoms with van der Waals surface area (Å²) in [5, 5.41) is 16.9. The number of rotatable bonds is 12. The van der Waals surface area contributed by atoms with Crippen LogP contribution in [-0.4, -0.2) is 59.0 Å². The van der Waals surface area contributed by atoms with Gasteiger partial charge in [-0.05, 0) is 45.7 Å². The van der Waals surface area contributed by atoms with Crippen LogP contribution in [0.5, 0.6) is 0 Å². The third-order valence-electron chi connectivity index (χ3n) is 4.55. The maximum atomic E-state index is 12.8. The fraction of sp³-hybridized carbons (Fsp3) is 0.524.